The Kier molecular flexibility index (Phi) is 10.7. The SMILES string of the molecule is CCNC(=O)Nc1ccc(-c2sc3c(c2CN(C)Cc2cccc(C(=O)NC)n2)c(=O)n(-c2ccccc2)c(=O)n3Cc2c(F)cccc2F)cc1. The Morgan fingerprint density at radius 1 is 0.865 bits per heavy atom. The highest BCUT2D eigenvalue weighted by Crippen LogP contribution is 2.38. The maximum atomic E-state index is 15.1. The standard InChI is InChI=1S/C38H35F2N7O4S/c1-4-42-37(50)44-24-18-16-23(17-19-24)33-28(21-45(3)20-25-10-8-15-31(43-25)34(48)41-2)32-35(49)47(26-11-6-5-7-12-26)38(51)46(36(32)52-33)22-27-29(39)13-9-14-30(27)40/h5-19H,4,20-22H2,1-3H3,(H,41,48)(H2,42,44,50). The van der Waals surface area contributed by atoms with Gasteiger partial charge in [0.1, 0.15) is 22.2 Å². The van der Waals surface area contributed by atoms with Crippen LogP contribution in [0.5, 0.6) is 0 Å². The van der Waals surface area contributed by atoms with Crippen molar-refractivity contribution >= 4 is 39.2 Å². The molecule has 6 aromatic rings. The molecule has 0 aliphatic carbocycles. The van der Waals surface area contributed by atoms with Gasteiger partial charge in [-0.3, -0.25) is 19.1 Å². The lowest BCUT2D eigenvalue weighted by molar-refractivity contribution is 0.0957. The maximum absolute atomic E-state index is 15.1. The van der Waals surface area contributed by atoms with Crippen molar-refractivity contribution in [3.8, 4) is 16.1 Å². The molecule has 0 unspecified atom stereocenters. The molecule has 0 radical (unpaired) electrons. The van der Waals surface area contributed by atoms with Crippen LogP contribution >= 0.6 is 11.3 Å². The first-order valence-corrected chi connectivity index (χ1v) is 17.2. The molecule has 3 aromatic carbocycles. The van der Waals surface area contributed by atoms with Crippen molar-refractivity contribution < 1.29 is 18.4 Å². The molecule has 0 aliphatic heterocycles. The van der Waals surface area contributed by atoms with Crippen molar-refractivity contribution in [1.29, 1.82) is 0 Å². The fourth-order valence-electron chi connectivity index (χ4n) is 5.90. The van der Waals surface area contributed by atoms with Crippen LogP contribution < -0.4 is 27.2 Å². The first kappa shape index (κ1) is 35.8. The van der Waals surface area contributed by atoms with Gasteiger partial charge in [-0.2, -0.15) is 0 Å². The third-order valence-corrected chi connectivity index (χ3v) is 9.64. The van der Waals surface area contributed by atoms with Crippen LogP contribution in [0.15, 0.2) is 101 Å². The van der Waals surface area contributed by atoms with Gasteiger partial charge in [0.2, 0.25) is 0 Å². The number of halogens is 2. The summed E-state index contributed by atoms with van der Waals surface area (Å²) in [5, 5.41) is 8.23. The molecule has 0 fully saturated rings. The Labute approximate surface area is 301 Å². The third kappa shape index (κ3) is 7.38. The molecular formula is C38H35F2N7O4S. The van der Waals surface area contributed by atoms with Crippen LogP contribution in [0.2, 0.25) is 0 Å². The highest BCUT2D eigenvalue weighted by molar-refractivity contribution is 7.22. The Bertz CT molecular complexity index is 2370. The number of nitrogens with zero attached hydrogens (tertiary/aromatic N) is 4. The first-order valence-electron chi connectivity index (χ1n) is 16.4. The lowest BCUT2D eigenvalue weighted by Gasteiger charge is -2.18. The van der Waals surface area contributed by atoms with Crippen molar-refractivity contribution in [1.82, 2.24) is 29.7 Å². The minimum absolute atomic E-state index is 0.191. The number of para-hydroxylation sites is 1. The number of fused-ring (bicyclic) bond motifs is 1. The van der Waals surface area contributed by atoms with Crippen molar-refractivity contribution in [2.24, 2.45) is 0 Å². The molecule has 14 heteroatoms. The summed E-state index contributed by atoms with van der Waals surface area (Å²) in [4.78, 5) is 60.5. The van der Waals surface area contributed by atoms with Gasteiger partial charge in [-0.05, 0) is 73.6 Å². The topological polar surface area (TPSA) is 130 Å². The number of thiophene rings is 1. The number of anilines is 1. The number of urea groups is 1. The van der Waals surface area contributed by atoms with Gasteiger partial charge in [0.15, 0.2) is 0 Å². The zero-order valence-corrected chi connectivity index (χ0v) is 29.4. The number of rotatable bonds is 11. The number of hydrogen-bond acceptors (Lipinski definition) is 7. The van der Waals surface area contributed by atoms with E-state index in [1.807, 2.05) is 18.9 Å². The molecule has 6 rings (SSSR count). The summed E-state index contributed by atoms with van der Waals surface area (Å²) in [6.45, 7) is 2.28. The van der Waals surface area contributed by atoms with Gasteiger partial charge < -0.3 is 16.0 Å². The molecule has 0 saturated heterocycles. The Hall–Kier alpha value is -5.99. The number of benzene rings is 3. The number of pyridine rings is 1. The largest absolute Gasteiger partial charge is 0.354 e. The summed E-state index contributed by atoms with van der Waals surface area (Å²) >= 11 is 1.16. The van der Waals surface area contributed by atoms with E-state index >= 15 is 8.78 Å². The quantitative estimate of drug-likeness (QED) is 0.157. The van der Waals surface area contributed by atoms with Gasteiger partial charge in [0.25, 0.3) is 11.5 Å². The van der Waals surface area contributed by atoms with Gasteiger partial charge in [-0.1, -0.05) is 42.5 Å². The van der Waals surface area contributed by atoms with Crippen molar-refractivity contribution in [3.05, 3.63) is 146 Å². The smallest absolute Gasteiger partial charge is 0.337 e. The van der Waals surface area contributed by atoms with Gasteiger partial charge in [0.05, 0.1) is 23.3 Å². The Balaban J connectivity index is 1.56. The number of hydrogen-bond donors (Lipinski definition) is 3. The van der Waals surface area contributed by atoms with E-state index < -0.39 is 29.4 Å². The Morgan fingerprint density at radius 2 is 1.56 bits per heavy atom. The molecule has 52 heavy (non-hydrogen) atoms. The number of carbonyl (C=O) groups is 2. The number of aromatic nitrogens is 3. The van der Waals surface area contributed by atoms with Crippen LogP contribution in [-0.4, -0.2) is 51.6 Å². The van der Waals surface area contributed by atoms with Crippen molar-refractivity contribution in [3.63, 3.8) is 0 Å². The van der Waals surface area contributed by atoms with E-state index in [2.05, 4.69) is 20.9 Å². The molecule has 0 atom stereocenters. The Morgan fingerprint density at radius 3 is 2.23 bits per heavy atom. The molecular weight excluding hydrogens is 689 g/mol. The maximum Gasteiger partial charge on any atom is 0.337 e. The lowest BCUT2D eigenvalue weighted by Crippen LogP contribution is -2.39. The highest BCUT2D eigenvalue weighted by Gasteiger charge is 2.26. The first-order chi connectivity index (χ1) is 25.1. The fourth-order valence-corrected chi connectivity index (χ4v) is 7.21. The molecule has 0 spiro atoms. The van der Waals surface area contributed by atoms with E-state index in [-0.39, 0.29) is 40.0 Å². The second-order valence-corrected chi connectivity index (χ2v) is 13.0. The number of carbonyl (C=O) groups excluding carboxylic acids is 2. The van der Waals surface area contributed by atoms with E-state index in [0.29, 0.717) is 46.2 Å². The second-order valence-electron chi connectivity index (χ2n) is 12.0. The van der Waals surface area contributed by atoms with E-state index in [1.165, 1.54) is 17.7 Å². The normalized spacial score (nSPS) is 11.2. The molecule has 0 bridgehead atoms. The third-order valence-electron chi connectivity index (χ3n) is 8.33. The molecule has 3 N–H and O–H groups in total. The summed E-state index contributed by atoms with van der Waals surface area (Å²) in [6, 6.07) is 23.7. The van der Waals surface area contributed by atoms with Crippen LogP contribution in [0.25, 0.3) is 26.3 Å². The summed E-state index contributed by atoms with van der Waals surface area (Å²) < 4.78 is 32.4. The van der Waals surface area contributed by atoms with Crippen molar-refractivity contribution in [2.45, 2.75) is 26.6 Å². The van der Waals surface area contributed by atoms with Gasteiger partial charge in [0, 0.05) is 42.8 Å². The molecule has 266 valence electrons. The minimum atomic E-state index is -0.823. The minimum Gasteiger partial charge on any atom is -0.354 e. The van der Waals surface area contributed by atoms with Crippen LogP contribution in [-0.2, 0) is 19.6 Å². The predicted molar refractivity (Wildman–Crippen MR) is 198 cm³/mol. The average molecular weight is 724 g/mol. The second kappa shape index (κ2) is 15.5. The van der Waals surface area contributed by atoms with E-state index in [9.17, 15) is 19.2 Å². The van der Waals surface area contributed by atoms with Crippen LogP contribution in [0.1, 0.15) is 34.2 Å². The summed E-state index contributed by atoms with van der Waals surface area (Å²) in [5.41, 5.74) is 1.30. The lowest BCUT2D eigenvalue weighted by atomic mass is 10.1. The van der Waals surface area contributed by atoms with Gasteiger partial charge >= 0.3 is 11.7 Å². The average Bonchev–Trinajstić information content (AvgIpc) is 3.50. The number of nitrogens with one attached hydrogen (secondary N) is 3. The molecule has 0 aliphatic rings. The van der Waals surface area contributed by atoms with Crippen LogP contribution in [0, 0.1) is 11.6 Å². The summed E-state index contributed by atoms with van der Waals surface area (Å²) in [6.07, 6.45) is 0. The molecule has 11 nitrogen and oxygen atoms in total. The van der Waals surface area contributed by atoms with E-state index in [1.54, 1.807) is 72.8 Å². The zero-order valence-electron chi connectivity index (χ0n) is 28.6. The number of amides is 3. The monoisotopic (exact) mass is 723 g/mol. The zero-order chi connectivity index (χ0) is 36.9. The molecule has 0 saturated carbocycles. The van der Waals surface area contributed by atoms with Gasteiger partial charge in [-0.25, -0.2) is 27.9 Å². The van der Waals surface area contributed by atoms with Crippen LogP contribution in [0.4, 0.5) is 19.3 Å². The molecule has 3 aromatic heterocycles. The van der Waals surface area contributed by atoms with E-state index in [4.69, 9.17) is 0 Å². The highest BCUT2D eigenvalue weighted by atomic mass is 32.1. The summed E-state index contributed by atoms with van der Waals surface area (Å²) in [5.74, 6) is -1.97. The summed E-state index contributed by atoms with van der Waals surface area (Å²) in [7, 11) is 3.36. The van der Waals surface area contributed by atoms with Gasteiger partial charge in [-0.15, -0.1) is 11.3 Å². The van der Waals surface area contributed by atoms with Crippen molar-refractivity contribution in [2.75, 3.05) is 26.0 Å². The van der Waals surface area contributed by atoms with Crippen LogP contribution in [0.3, 0.4) is 0 Å². The fraction of sp³-hybridized carbons (Fsp3) is 0.184. The molecule has 3 amide bonds. The molecule has 3 heterocycles. The predicted octanol–water partition coefficient (Wildman–Crippen LogP) is 5.74. The van der Waals surface area contributed by atoms with E-state index in [0.717, 1.165) is 28.0 Å².